The van der Waals surface area contributed by atoms with E-state index in [1.807, 2.05) is 18.2 Å². The average molecular weight is 260 g/mol. The zero-order chi connectivity index (χ0) is 13.4. The molecule has 1 aromatic carbocycles. The molecular formula is C13H12N2O4. The highest BCUT2D eigenvalue weighted by Crippen LogP contribution is 2.39. The molecule has 6 heteroatoms. The lowest BCUT2D eigenvalue weighted by Gasteiger charge is -2.20. The van der Waals surface area contributed by atoms with Gasteiger partial charge < -0.3 is 14.6 Å². The monoisotopic (exact) mass is 260 g/mol. The van der Waals surface area contributed by atoms with Crippen LogP contribution in [0.5, 0.6) is 11.5 Å². The Bertz CT molecular complexity index is 648. The summed E-state index contributed by atoms with van der Waals surface area (Å²) in [4.78, 5) is 11.0. The third-order valence-corrected chi connectivity index (χ3v) is 2.94. The van der Waals surface area contributed by atoms with E-state index >= 15 is 0 Å². The first-order valence-electron chi connectivity index (χ1n) is 5.83. The normalized spacial score (nSPS) is 13.3. The second-order valence-electron chi connectivity index (χ2n) is 4.17. The van der Waals surface area contributed by atoms with Crippen molar-refractivity contribution in [1.82, 2.24) is 9.78 Å². The number of ether oxygens (including phenoxy) is 2. The SMILES string of the molecule is Cn1nc(C(=O)O)cc1-c1cccc2c1OCCO2. The Kier molecular flexibility index (Phi) is 2.63. The van der Waals surface area contributed by atoms with Crippen molar-refractivity contribution in [3.05, 3.63) is 30.0 Å². The van der Waals surface area contributed by atoms with Crippen molar-refractivity contribution in [3.8, 4) is 22.8 Å². The van der Waals surface area contributed by atoms with E-state index in [4.69, 9.17) is 14.6 Å². The van der Waals surface area contributed by atoms with Crippen LogP contribution < -0.4 is 9.47 Å². The van der Waals surface area contributed by atoms with E-state index in [1.165, 1.54) is 10.7 Å². The van der Waals surface area contributed by atoms with Crippen LogP contribution in [0.3, 0.4) is 0 Å². The summed E-state index contributed by atoms with van der Waals surface area (Å²) < 4.78 is 12.7. The molecule has 0 spiro atoms. The molecule has 19 heavy (non-hydrogen) atoms. The van der Waals surface area contributed by atoms with E-state index in [2.05, 4.69) is 5.10 Å². The van der Waals surface area contributed by atoms with Crippen LogP contribution in [0.25, 0.3) is 11.3 Å². The van der Waals surface area contributed by atoms with Crippen LogP contribution in [0, 0.1) is 0 Å². The molecule has 1 aliphatic rings. The molecular weight excluding hydrogens is 248 g/mol. The lowest BCUT2D eigenvalue weighted by molar-refractivity contribution is 0.0689. The van der Waals surface area contributed by atoms with Gasteiger partial charge in [0.25, 0.3) is 0 Å². The maximum atomic E-state index is 11.0. The number of aryl methyl sites for hydroxylation is 1. The van der Waals surface area contributed by atoms with Gasteiger partial charge in [-0.3, -0.25) is 4.68 Å². The van der Waals surface area contributed by atoms with Crippen molar-refractivity contribution >= 4 is 5.97 Å². The van der Waals surface area contributed by atoms with Gasteiger partial charge in [0.1, 0.15) is 13.2 Å². The van der Waals surface area contributed by atoms with Gasteiger partial charge in [-0.15, -0.1) is 0 Å². The van der Waals surface area contributed by atoms with Gasteiger partial charge >= 0.3 is 5.97 Å². The second-order valence-corrected chi connectivity index (χ2v) is 4.17. The van der Waals surface area contributed by atoms with Crippen LogP contribution in [0.15, 0.2) is 24.3 Å². The minimum absolute atomic E-state index is 0.00632. The zero-order valence-corrected chi connectivity index (χ0v) is 10.3. The van der Waals surface area contributed by atoms with Gasteiger partial charge in [-0.2, -0.15) is 5.10 Å². The van der Waals surface area contributed by atoms with Crippen molar-refractivity contribution in [2.24, 2.45) is 7.05 Å². The molecule has 2 heterocycles. The number of benzene rings is 1. The summed E-state index contributed by atoms with van der Waals surface area (Å²) in [6.07, 6.45) is 0. The van der Waals surface area contributed by atoms with E-state index in [0.717, 1.165) is 5.56 Å². The summed E-state index contributed by atoms with van der Waals surface area (Å²) in [5.74, 6) is 0.249. The van der Waals surface area contributed by atoms with Gasteiger partial charge in [-0.25, -0.2) is 4.79 Å². The van der Waals surface area contributed by atoms with Gasteiger partial charge in [0.05, 0.1) is 5.69 Å². The Labute approximate surface area is 109 Å². The van der Waals surface area contributed by atoms with Crippen molar-refractivity contribution in [1.29, 1.82) is 0 Å². The standard InChI is InChI=1S/C13H12N2O4/c1-15-10(7-9(14-15)13(16)17)8-3-2-4-11-12(8)19-6-5-18-11/h2-4,7H,5-6H2,1H3,(H,16,17). The number of carboxylic acid groups (broad SMARTS) is 1. The fourth-order valence-electron chi connectivity index (χ4n) is 2.10. The van der Waals surface area contributed by atoms with Gasteiger partial charge in [0, 0.05) is 12.6 Å². The number of hydrogen-bond donors (Lipinski definition) is 1. The lowest BCUT2D eigenvalue weighted by atomic mass is 10.1. The number of nitrogens with zero attached hydrogens (tertiary/aromatic N) is 2. The Morgan fingerprint density at radius 1 is 1.37 bits per heavy atom. The zero-order valence-electron chi connectivity index (χ0n) is 10.3. The van der Waals surface area contributed by atoms with E-state index in [1.54, 1.807) is 7.05 Å². The maximum Gasteiger partial charge on any atom is 0.356 e. The fraction of sp³-hybridized carbons (Fsp3) is 0.231. The molecule has 3 rings (SSSR count). The Balaban J connectivity index is 2.14. The molecule has 1 N–H and O–H groups in total. The number of aromatic nitrogens is 2. The first-order chi connectivity index (χ1) is 9.16. The summed E-state index contributed by atoms with van der Waals surface area (Å²) >= 11 is 0. The minimum atomic E-state index is -1.05. The molecule has 0 radical (unpaired) electrons. The van der Waals surface area contributed by atoms with Crippen LogP contribution in [-0.4, -0.2) is 34.1 Å². The summed E-state index contributed by atoms with van der Waals surface area (Å²) in [5, 5.41) is 12.9. The molecule has 0 atom stereocenters. The van der Waals surface area contributed by atoms with E-state index < -0.39 is 5.97 Å². The molecule has 0 unspecified atom stereocenters. The van der Waals surface area contributed by atoms with Crippen LogP contribution in [0.4, 0.5) is 0 Å². The predicted octanol–water partition coefficient (Wildman–Crippen LogP) is 1.56. The van der Waals surface area contributed by atoms with Crippen molar-refractivity contribution in [2.45, 2.75) is 0 Å². The van der Waals surface area contributed by atoms with Crippen LogP contribution in [0.2, 0.25) is 0 Å². The molecule has 1 aromatic heterocycles. The van der Waals surface area contributed by atoms with Crippen LogP contribution in [-0.2, 0) is 7.05 Å². The molecule has 1 aliphatic heterocycles. The van der Waals surface area contributed by atoms with E-state index in [-0.39, 0.29) is 5.69 Å². The highest BCUT2D eigenvalue weighted by Gasteiger charge is 2.20. The van der Waals surface area contributed by atoms with Crippen molar-refractivity contribution < 1.29 is 19.4 Å². The number of aromatic carboxylic acids is 1. The molecule has 2 aromatic rings. The summed E-state index contributed by atoms with van der Waals surface area (Å²) in [7, 11) is 1.70. The summed E-state index contributed by atoms with van der Waals surface area (Å²) in [5.41, 5.74) is 1.46. The number of para-hydroxylation sites is 1. The van der Waals surface area contributed by atoms with Crippen molar-refractivity contribution in [2.75, 3.05) is 13.2 Å². The second kappa shape index (κ2) is 4.31. The Hall–Kier alpha value is -2.50. The first-order valence-corrected chi connectivity index (χ1v) is 5.83. The third-order valence-electron chi connectivity index (χ3n) is 2.94. The molecule has 98 valence electrons. The lowest BCUT2D eigenvalue weighted by Crippen LogP contribution is -2.16. The molecule has 6 nitrogen and oxygen atoms in total. The van der Waals surface area contributed by atoms with Gasteiger partial charge in [0.15, 0.2) is 17.2 Å². The van der Waals surface area contributed by atoms with Crippen molar-refractivity contribution in [3.63, 3.8) is 0 Å². The number of fused-ring (bicyclic) bond motifs is 1. The summed E-state index contributed by atoms with van der Waals surface area (Å²) in [6, 6.07) is 7.05. The molecule has 0 aliphatic carbocycles. The molecule has 0 fully saturated rings. The Morgan fingerprint density at radius 2 is 2.16 bits per heavy atom. The van der Waals surface area contributed by atoms with E-state index in [9.17, 15) is 4.79 Å². The number of hydrogen-bond acceptors (Lipinski definition) is 4. The maximum absolute atomic E-state index is 11.0. The predicted molar refractivity (Wildman–Crippen MR) is 66.6 cm³/mol. The fourth-order valence-corrected chi connectivity index (χ4v) is 2.10. The minimum Gasteiger partial charge on any atom is -0.486 e. The Morgan fingerprint density at radius 3 is 2.89 bits per heavy atom. The average Bonchev–Trinajstić information content (AvgIpc) is 2.80. The molecule has 0 amide bonds. The summed E-state index contributed by atoms with van der Waals surface area (Å²) in [6.45, 7) is 0.996. The quantitative estimate of drug-likeness (QED) is 0.887. The van der Waals surface area contributed by atoms with E-state index in [0.29, 0.717) is 30.4 Å². The van der Waals surface area contributed by atoms with Crippen LogP contribution >= 0.6 is 0 Å². The topological polar surface area (TPSA) is 73.6 Å². The number of carboxylic acids is 1. The highest BCUT2D eigenvalue weighted by atomic mass is 16.6. The molecule has 0 saturated heterocycles. The largest absolute Gasteiger partial charge is 0.486 e. The van der Waals surface area contributed by atoms with Gasteiger partial charge in [0.2, 0.25) is 0 Å². The van der Waals surface area contributed by atoms with Crippen LogP contribution in [0.1, 0.15) is 10.5 Å². The molecule has 0 saturated carbocycles. The highest BCUT2D eigenvalue weighted by molar-refractivity contribution is 5.87. The number of rotatable bonds is 2. The molecule has 0 bridgehead atoms. The third kappa shape index (κ3) is 1.91. The first kappa shape index (κ1) is 11.6. The van der Waals surface area contributed by atoms with Gasteiger partial charge in [-0.1, -0.05) is 6.07 Å². The number of carbonyl (C=O) groups is 1. The van der Waals surface area contributed by atoms with Gasteiger partial charge in [-0.05, 0) is 18.2 Å². The smallest absolute Gasteiger partial charge is 0.356 e.